The van der Waals surface area contributed by atoms with Crippen LogP contribution >= 0.6 is 0 Å². The molecular formula is C15H21FN2. The predicted octanol–water partition coefficient (Wildman–Crippen LogP) is 3.61. The van der Waals surface area contributed by atoms with Gasteiger partial charge in [0.25, 0.3) is 0 Å². The minimum absolute atomic E-state index is 0.286. The quantitative estimate of drug-likeness (QED) is 0.748. The van der Waals surface area contributed by atoms with Gasteiger partial charge < -0.3 is 5.32 Å². The number of nitrogens with one attached hydrogen (secondary N) is 1. The van der Waals surface area contributed by atoms with E-state index in [4.69, 9.17) is 5.26 Å². The van der Waals surface area contributed by atoms with Gasteiger partial charge in [0.15, 0.2) is 0 Å². The van der Waals surface area contributed by atoms with Crippen LogP contribution in [0.3, 0.4) is 0 Å². The summed E-state index contributed by atoms with van der Waals surface area (Å²) in [7, 11) is 0. The smallest absolute Gasteiger partial charge is 0.123 e. The zero-order valence-corrected chi connectivity index (χ0v) is 11.2. The molecule has 0 radical (unpaired) electrons. The molecule has 0 amide bonds. The van der Waals surface area contributed by atoms with E-state index in [-0.39, 0.29) is 5.82 Å². The number of hydrogen-bond donors (Lipinski definition) is 1. The lowest BCUT2D eigenvalue weighted by atomic mass is 10.1. The Hall–Kier alpha value is -1.40. The molecule has 0 saturated carbocycles. The fourth-order valence-corrected chi connectivity index (χ4v) is 1.84. The number of unbranched alkanes of at least 4 members (excludes halogenated alkanes) is 1. The minimum atomic E-state index is -0.286. The fourth-order valence-electron chi connectivity index (χ4n) is 1.84. The number of hydrogen-bond acceptors (Lipinski definition) is 2. The second kappa shape index (κ2) is 7.84. The van der Waals surface area contributed by atoms with Crippen LogP contribution in [0.25, 0.3) is 0 Å². The molecule has 0 bridgehead atoms. The van der Waals surface area contributed by atoms with Crippen molar-refractivity contribution in [2.24, 2.45) is 5.92 Å². The largest absolute Gasteiger partial charge is 0.313 e. The Morgan fingerprint density at radius 1 is 1.33 bits per heavy atom. The minimum Gasteiger partial charge on any atom is -0.313 e. The Morgan fingerprint density at radius 3 is 2.78 bits per heavy atom. The number of benzene rings is 1. The van der Waals surface area contributed by atoms with E-state index in [1.54, 1.807) is 0 Å². The van der Waals surface area contributed by atoms with Gasteiger partial charge in [-0.15, -0.1) is 0 Å². The third kappa shape index (κ3) is 5.29. The Labute approximate surface area is 109 Å². The van der Waals surface area contributed by atoms with Crippen LogP contribution in [0.15, 0.2) is 18.2 Å². The van der Waals surface area contributed by atoms with E-state index in [1.807, 2.05) is 0 Å². The van der Waals surface area contributed by atoms with Gasteiger partial charge >= 0.3 is 0 Å². The van der Waals surface area contributed by atoms with E-state index in [9.17, 15) is 4.39 Å². The SMILES string of the molecule is CC(C)CCCCNCc1cc(F)ccc1C#N. The van der Waals surface area contributed by atoms with Gasteiger partial charge in [0, 0.05) is 6.54 Å². The van der Waals surface area contributed by atoms with Gasteiger partial charge in [-0.25, -0.2) is 4.39 Å². The third-order valence-electron chi connectivity index (χ3n) is 2.89. The molecule has 0 atom stereocenters. The lowest BCUT2D eigenvalue weighted by Gasteiger charge is -2.07. The van der Waals surface area contributed by atoms with Gasteiger partial charge in [-0.2, -0.15) is 5.26 Å². The second-order valence-electron chi connectivity index (χ2n) is 4.98. The first-order valence-electron chi connectivity index (χ1n) is 6.52. The van der Waals surface area contributed by atoms with Crippen LogP contribution in [-0.2, 0) is 6.54 Å². The maximum atomic E-state index is 13.1. The van der Waals surface area contributed by atoms with Gasteiger partial charge in [-0.3, -0.25) is 0 Å². The average molecular weight is 248 g/mol. The van der Waals surface area contributed by atoms with Crippen molar-refractivity contribution in [1.82, 2.24) is 5.32 Å². The molecule has 1 aromatic carbocycles. The average Bonchev–Trinajstić information content (AvgIpc) is 2.33. The first kappa shape index (κ1) is 14.7. The van der Waals surface area contributed by atoms with Crippen LogP contribution < -0.4 is 5.32 Å². The summed E-state index contributed by atoms with van der Waals surface area (Å²) >= 11 is 0. The van der Waals surface area contributed by atoms with Crippen molar-refractivity contribution in [3.63, 3.8) is 0 Å². The highest BCUT2D eigenvalue weighted by Gasteiger charge is 2.03. The van der Waals surface area contributed by atoms with Gasteiger partial charge in [-0.05, 0) is 42.6 Å². The molecule has 1 rings (SSSR count). The summed E-state index contributed by atoms with van der Waals surface area (Å²) in [6.07, 6.45) is 3.57. The van der Waals surface area contributed by atoms with Crippen LogP contribution in [0.4, 0.5) is 4.39 Å². The van der Waals surface area contributed by atoms with Crippen LogP contribution in [0.2, 0.25) is 0 Å². The number of nitrogens with zero attached hydrogens (tertiary/aromatic N) is 1. The molecule has 0 heterocycles. The summed E-state index contributed by atoms with van der Waals surface area (Å²) < 4.78 is 13.1. The molecule has 18 heavy (non-hydrogen) atoms. The molecule has 0 aliphatic carbocycles. The van der Waals surface area contributed by atoms with Gasteiger partial charge in [0.1, 0.15) is 5.82 Å². The molecule has 0 fully saturated rings. The molecule has 1 aromatic rings. The van der Waals surface area contributed by atoms with Crippen molar-refractivity contribution in [2.45, 2.75) is 39.7 Å². The maximum absolute atomic E-state index is 13.1. The summed E-state index contributed by atoms with van der Waals surface area (Å²) in [5.41, 5.74) is 1.28. The molecule has 0 unspecified atom stereocenters. The highest BCUT2D eigenvalue weighted by molar-refractivity contribution is 5.37. The van der Waals surface area contributed by atoms with E-state index >= 15 is 0 Å². The highest BCUT2D eigenvalue weighted by atomic mass is 19.1. The lowest BCUT2D eigenvalue weighted by molar-refractivity contribution is 0.520. The van der Waals surface area contributed by atoms with Crippen LogP contribution in [0.1, 0.15) is 44.2 Å². The highest BCUT2D eigenvalue weighted by Crippen LogP contribution is 2.10. The van der Waals surface area contributed by atoms with Crippen molar-refractivity contribution in [1.29, 1.82) is 5.26 Å². The second-order valence-corrected chi connectivity index (χ2v) is 4.98. The molecule has 3 heteroatoms. The summed E-state index contributed by atoms with van der Waals surface area (Å²) in [4.78, 5) is 0. The molecule has 0 spiro atoms. The first-order valence-corrected chi connectivity index (χ1v) is 6.52. The standard InChI is InChI=1S/C15H21FN2/c1-12(2)5-3-4-8-18-11-14-9-15(16)7-6-13(14)10-17/h6-7,9,12,18H,3-5,8,11H2,1-2H3. The summed E-state index contributed by atoms with van der Waals surface area (Å²) in [5, 5.41) is 12.2. The first-order chi connectivity index (χ1) is 8.63. The zero-order chi connectivity index (χ0) is 13.4. The summed E-state index contributed by atoms with van der Waals surface area (Å²) in [6, 6.07) is 6.37. The van der Waals surface area contributed by atoms with Crippen molar-refractivity contribution < 1.29 is 4.39 Å². The van der Waals surface area contributed by atoms with Crippen molar-refractivity contribution in [2.75, 3.05) is 6.54 Å². The topological polar surface area (TPSA) is 35.8 Å². The number of rotatable bonds is 7. The molecular weight excluding hydrogens is 227 g/mol. The predicted molar refractivity (Wildman–Crippen MR) is 71.5 cm³/mol. The summed E-state index contributed by atoms with van der Waals surface area (Å²) in [6.45, 7) is 5.91. The van der Waals surface area contributed by atoms with Gasteiger partial charge in [0.05, 0.1) is 11.6 Å². The normalized spacial score (nSPS) is 10.6. The maximum Gasteiger partial charge on any atom is 0.123 e. The zero-order valence-electron chi connectivity index (χ0n) is 11.2. The van der Waals surface area contributed by atoms with E-state index in [1.165, 1.54) is 31.0 Å². The van der Waals surface area contributed by atoms with Crippen LogP contribution in [0.5, 0.6) is 0 Å². The Bertz CT molecular complexity index is 407. The molecule has 98 valence electrons. The molecule has 2 nitrogen and oxygen atoms in total. The van der Waals surface area contributed by atoms with Crippen molar-refractivity contribution in [3.8, 4) is 6.07 Å². The number of halogens is 1. The Morgan fingerprint density at radius 2 is 2.11 bits per heavy atom. The molecule has 0 saturated heterocycles. The molecule has 0 aromatic heterocycles. The third-order valence-corrected chi connectivity index (χ3v) is 2.89. The van der Waals surface area contributed by atoms with Gasteiger partial charge in [-0.1, -0.05) is 26.7 Å². The van der Waals surface area contributed by atoms with E-state index in [0.717, 1.165) is 24.4 Å². The van der Waals surface area contributed by atoms with Crippen molar-refractivity contribution in [3.05, 3.63) is 35.1 Å². The van der Waals surface area contributed by atoms with Crippen LogP contribution in [0, 0.1) is 23.1 Å². The van der Waals surface area contributed by atoms with E-state index in [0.29, 0.717) is 12.1 Å². The Kier molecular flexibility index (Phi) is 6.38. The molecule has 0 aliphatic heterocycles. The number of nitriles is 1. The van der Waals surface area contributed by atoms with E-state index < -0.39 is 0 Å². The van der Waals surface area contributed by atoms with Crippen molar-refractivity contribution >= 4 is 0 Å². The van der Waals surface area contributed by atoms with Crippen LogP contribution in [-0.4, -0.2) is 6.54 Å². The monoisotopic (exact) mass is 248 g/mol. The lowest BCUT2D eigenvalue weighted by Crippen LogP contribution is -2.15. The van der Waals surface area contributed by atoms with Gasteiger partial charge in [0.2, 0.25) is 0 Å². The fraction of sp³-hybridized carbons (Fsp3) is 0.533. The van der Waals surface area contributed by atoms with E-state index in [2.05, 4.69) is 25.2 Å². The molecule has 1 N–H and O–H groups in total. The Balaban J connectivity index is 2.31. The molecule has 0 aliphatic rings. The summed E-state index contributed by atoms with van der Waals surface area (Å²) in [5.74, 6) is 0.462.